The van der Waals surface area contributed by atoms with Gasteiger partial charge in [-0.25, -0.2) is 0 Å². The number of amides is 1. The summed E-state index contributed by atoms with van der Waals surface area (Å²) in [5.41, 5.74) is 1.11. The van der Waals surface area contributed by atoms with Crippen LogP contribution in [0, 0.1) is 0 Å². The number of morpholine rings is 1. The summed E-state index contributed by atoms with van der Waals surface area (Å²) in [5.74, 6) is 0.391. The van der Waals surface area contributed by atoms with E-state index in [0.717, 1.165) is 18.7 Å². The van der Waals surface area contributed by atoms with Crippen molar-refractivity contribution in [2.75, 3.05) is 39.5 Å². The van der Waals surface area contributed by atoms with Crippen LogP contribution in [0.15, 0.2) is 48.5 Å². The van der Waals surface area contributed by atoms with E-state index >= 15 is 0 Å². The molecule has 1 N–H and O–H groups in total. The van der Waals surface area contributed by atoms with Crippen molar-refractivity contribution < 1.29 is 14.3 Å². The number of hydrogen-bond donors (Lipinski definition) is 1. The number of carbonyl (C=O) groups is 1. The van der Waals surface area contributed by atoms with Crippen molar-refractivity contribution in [3.63, 3.8) is 0 Å². The van der Waals surface area contributed by atoms with Crippen molar-refractivity contribution in [1.82, 2.24) is 10.2 Å². The van der Waals surface area contributed by atoms with E-state index in [-0.39, 0.29) is 18.6 Å². The third-order valence-corrected chi connectivity index (χ3v) is 4.89. The van der Waals surface area contributed by atoms with Gasteiger partial charge >= 0.3 is 0 Å². The predicted octanol–water partition coefficient (Wildman–Crippen LogP) is 3.56. The van der Waals surface area contributed by atoms with Gasteiger partial charge in [0.25, 0.3) is 5.91 Å². The van der Waals surface area contributed by atoms with Gasteiger partial charge in [-0.1, -0.05) is 41.4 Å². The van der Waals surface area contributed by atoms with Gasteiger partial charge in [0.1, 0.15) is 5.75 Å². The highest BCUT2D eigenvalue weighted by Gasteiger charge is 2.23. The normalized spacial score (nSPS) is 15.9. The van der Waals surface area contributed by atoms with E-state index in [4.69, 9.17) is 32.7 Å². The summed E-state index contributed by atoms with van der Waals surface area (Å²) in [4.78, 5) is 14.6. The lowest BCUT2D eigenvalue weighted by Gasteiger charge is -2.35. The first-order valence-corrected chi connectivity index (χ1v) is 9.60. The van der Waals surface area contributed by atoms with Gasteiger partial charge in [-0.15, -0.1) is 0 Å². The van der Waals surface area contributed by atoms with Crippen molar-refractivity contribution in [2.24, 2.45) is 0 Å². The van der Waals surface area contributed by atoms with Gasteiger partial charge in [0.05, 0.1) is 19.3 Å². The minimum atomic E-state index is -0.179. The summed E-state index contributed by atoms with van der Waals surface area (Å²) in [6, 6.07) is 14.8. The van der Waals surface area contributed by atoms with Crippen LogP contribution in [0.3, 0.4) is 0 Å². The van der Waals surface area contributed by atoms with E-state index in [1.54, 1.807) is 24.3 Å². The zero-order valence-corrected chi connectivity index (χ0v) is 16.4. The Balaban J connectivity index is 1.58. The molecule has 0 saturated carbocycles. The van der Waals surface area contributed by atoms with E-state index in [1.165, 1.54) is 0 Å². The highest BCUT2D eigenvalue weighted by Crippen LogP contribution is 2.23. The smallest absolute Gasteiger partial charge is 0.258 e. The Morgan fingerprint density at radius 2 is 1.85 bits per heavy atom. The van der Waals surface area contributed by atoms with Gasteiger partial charge in [-0.3, -0.25) is 9.69 Å². The van der Waals surface area contributed by atoms with Crippen LogP contribution in [-0.2, 0) is 9.53 Å². The van der Waals surface area contributed by atoms with Crippen LogP contribution in [0.2, 0.25) is 10.0 Å². The van der Waals surface area contributed by atoms with Crippen molar-refractivity contribution in [2.45, 2.75) is 6.04 Å². The van der Waals surface area contributed by atoms with E-state index in [1.807, 2.05) is 24.3 Å². The fourth-order valence-electron chi connectivity index (χ4n) is 3.00. The van der Waals surface area contributed by atoms with Crippen LogP contribution in [0.25, 0.3) is 0 Å². The molecule has 1 heterocycles. The molecule has 1 unspecified atom stereocenters. The monoisotopic (exact) mass is 408 g/mol. The molecule has 144 valence electrons. The topological polar surface area (TPSA) is 50.8 Å². The summed E-state index contributed by atoms with van der Waals surface area (Å²) in [6.45, 7) is 3.45. The molecular weight excluding hydrogens is 387 g/mol. The maximum Gasteiger partial charge on any atom is 0.258 e. The Morgan fingerprint density at radius 3 is 2.56 bits per heavy atom. The van der Waals surface area contributed by atoms with Crippen molar-refractivity contribution in [3.05, 3.63) is 64.1 Å². The zero-order valence-electron chi connectivity index (χ0n) is 14.9. The molecule has 7 heteroatoms. The predicted molar refractivity (Wildman–Crippen MR) is 107 cm³/mol. The van der Waals surface area contributed by atoms with Crippen LogP contribution < -0.4 is 10.1 Å². The standard InChI is InChI=1S/C20H22Cl2N2O3/c21-16-6-4-15(5-7-16)19(24-8-10-26-11-9-24)13-23-20(25)14-27-18-3-1-2-17(22)12-18/h1-7,12,19H,8-11,13-14H2,(H,23,25). The van der Waals surface area contributed by atoms with Crippen molar-refractivity contribution in [3.8, 4) is 5.75 Å². The van der Waals surface area contributed by atoms with Crippen molar-refractivity contribution >= 4 is 29.1 Å². The summed E-state index contributed by atoms with van der Waals surface area (Å²) < 4.78 is 10.9. The Bertz CT molecular complexity index is 749. The highest BCUT2D eigenvalue weighted by atomic mass is 35.5. The van der Waals surface area contributed by atoms with Crippen LogP contribution in [0.4, 0.5) is 0 Å². The third-order valence-electron chi connectivity index (χ3n) is 4.40. The molecule has 1 amide bonds. The maximum absolute atomic E-state index is 12.2. The molecule has 0 aliphatic carbocycles. The first-order valence-electron chi connectivity index (χ1n) is 8.84. The molecule has 1 fully saturated rings. The van der Waals surface area contributed by atoms with Gasteiger partial charge in [0.2, 0.25) is 0 Å². The Morgan fingerprint density at radius 1 is 1.11 bits per heavy atom. The summed E-state index contributed by atoms with van der Waals surface area (Å²) in [7, 11) is 0. The minimum Gasteiger partial charge on any atom is -0.484 e. The van der Waals surface area contributed by atoms with Crippen LogP contribution >= 0.6 is 23.2 Å². The number of ether oxygens (including phenoxy) is 2. The largest absolute Gasteiger partial charge is 0.484 e. The van der Waals surface area contributed by atoms with Crippen LogP contribution in [0.5, 0.6) is 5.75 Å². The molecule has 0 aromatic heterocycles. The van der Waals surface area contributed by atoms with Gasteiger partial charge in [-0.05, 0) is 35.9 Å². The molecule has 0 bridgehead atoms. The number of rotatable bonds is 7. The number of benzene rings is 2. The third kappa shape index (κ3) is 6.11. The SMILES string of the molecule is O=C(COc1cccc(Cl)c1)NCC(c1ccc(Cl)cc1)N1CCOCC1. The molecule has 27 heavy (non-hydrogen) atoms. The maximum atomic E-state index is 12.2. The molecule has 1 saturated heterocycles. The second-order valence-electron chi connectivity index (χ2n) is 6.27. The van der Waals surface area contributed by atoms with Crippen molar-refractivity contribution in [1.29, 1.82) is 0 Å². The zero-order chi connectivity index (χ0) is 19.1. The number of halogens is 2. The lowest BCUT2D eigenvalue weighted by Crippen LogP contribution is -2.44. The molecular formula is C20H22Cl2N2O3. The molecule has 0 spiro atoms. The van der Waals surface area contributed by atoms with Crippen LogP contribution in [0.1, 0.15) is 11.6 Å². The Kier molecular flexibility index (Phi) is 7.35. The summed E-state index contributed by atoms with van der Waals surface area (Å²) in [6.07, 6.45) is 0. The second kappa shape index (κ2) is 9.95. The van der Waals surface area contributed by atoms with Gasteiger partial charge in [0, 0.05) is 29.7 Å². The first kappa shape index (κ1) is 20.0. The summed E-state index contributed by atoms with van der Waals surface area (Å²) in [5, 5.41) is 4.23. The quantitative estimate of drug-likeness (QED) is 0.760. The molecule has 0 radical (unpaired) electrons. The molecule has 1 aliphatic rings. The van der Waals surface area contributed by atoms with E-state index in [9.17, 15) is 4.79 Å². The average molecular weight is 409 g/mol. The van der Waals surface area contributed by atoms with E-state index in [2.05, 4.69) is 10.2 Å². The molecule has 5 nitrogen and oxygen atoms in total. The Labute approximate surface area is 169 Å². The molecule has 1 atom stereocenters. The van der Waals surface area contributed by atoms with Gasteiger partial charge < -0.3 is 14.8 Å². The number of hydrogen-bond acceptors (Lipinski definition) is 4. The fraction of sp³-hybridized carbons (Fsp3) is 0.350. The molecule has 3 rings (SSSR count). The number of carbonyl (C=O) groups excluding carboxylic acids is 1. The minimum absolute atomic E-state index is 0.0567. The first-order chi connectivity index (χ1) is 13.1. The van der Waals surface area contributed by atoms with Crippen LogP contribution in [-0.4, -0.2) is 50.3 Å². The van der Waals surface area contributed by atoms with Gasteiger partial charge in [0.15, 0.2) is 6.61 Å². The van der Waals surface area contributed by atoms with E-state index < -0.39 is 0 Å². The Hall–Kier alpha value is -1.79. The van der Waals surface area contributed by atoms with Gasteiger partial charge in [-0.2, -0.15) is 0 Å². The highest BCUT2D eigenvalue weighted by molar-refractivity contribution is 6.30. The molecule has 2 aromatic rings. The number of nitrogens with zero attached hydrogens (tertiary/aromatic N) is 1. The second-order valence-corrected chi connectivity index (χ2v) is 7.14. The molecule has 1 aliphatic heterocycles. The molecule has 2 aromatic carbocycles. The lowest BCUT2D eigenvalue weighted by atomic mass is 10.0. The fourth-order valence-corrected chi connectivity index (χ4v) is 3.31. The number of nitrogens with one attached hydrogen (secondary N) is 1. The average Bonchev–Trinajstić information content (AvgIpc) is 2.69. The summed E-state index contributed by atoms with van der Waals surface area (Å²) >= 11 is 11.9. The van der Waals surface area contributed by atoms with E-state index in [0.29, 0.717) is 35.6 Å². The lowest BCUT2D eigenvalue weighted by molar-refractivity contribution is -0.123.